The van der Waals surface area contributed by atoms with Gasteiger partial charge in [-0.05, 0) is 50.3 Å². The Morgan fingerprint density at radius 1 is 1.35 bits per heavy atom. The molecule has 2 aromatic rings. The molecule has 0 spiro atoms. The molecular weight excluding hydrogens is 374 g/mol. The number of benzene rings is 1. The Labute approximate surface area is 157 Å². The lowest BCUT2D eigenvalue weighted by molar-refractivity contribution is 0.101. The quantitative estimate of drug-likeness (QED) is 0.869. The normalized spacial score (nSPS) is 20.9. The Morgan fingerprint density at radius 3 is 2.88 bits per heavy atom. The van der Waals surface area contributed by atoms with Gasteiger partial charge in [0.1, 0.15) is 5.69 Å². The molecule has 138 valence electrons. The molecule has 0 saturated carbocycles. The van der Waals surface area contributed by atoms with E-state index in [4.69, 9.17) is 11.6 Å². The molecule has 2 heterocycles. The molecule has 1 atom stereocenters. The van der Waals surface area contributed by atoms with Crippen LogP contribution < -0.4 is 5.32 Å². The van der Waals surface area contributed by atoms with Crippen molar-refractivity contribution in [2.75, 3.05) is 16.8 Å². The molecule has 1 N–H and O–H groups in total. The number of aromatic nitrogens is 2. The first-order chi connectivity index (χ1) is 12.3. The first-order valence-electron chi connectivity index (χ1n) is 8.72. The van der Waals surface area contributed by atoms with Crippen LogP contribution in [-0.4, -0.2) is 35.6 Å². The molecule has 1 aliphatic carbocycles. The first kappa shape index (κ1) is 17.5. The van der Waals surface area contributed by atoms with Crippen molar-refractivity contribution in [2.45, 2.75) is 38.6 Å². The van der Waals surface area contributed by atoms with E-state index in [0.29, 0.717) is 22.8 Å². The number of fused-ring (bicyclic) bond motifs is 1. The molecule has 0 bridgehead atoms. The number of halogens is 1. The number of hydrogen-bond acceptors (Lipinski definition) is 4. The monoisotopic (exact) mass is 393 g/mol. The van der Waals surface area contributed by atoms with Crippen molar-refractivity contribution in [1.29, 1.82) is 0 Å². The van der Waals surface area contributed by atoms with E-state index in [1.165, 1.54) is 0 Å². The summed E-state index contributed by atoms with van der Waals surface area (Å²) in [4.78, 5) is 13.1. The molecule has 1 fully saturated rings. The lowest BCUT2D eigenvalue weighted by atomic mass is 10.1. The van der Waals surface area contributed by atoms with Gasteiger partial charge in [-0.15, -0.1) is 0 Å². The van der Waals surface area contributed by atoms with Crippen molar-refractivity contribution in [3.05, 3.63) is 45.7 Å². The summed E-state index contributed by atoms with van der Waals surface area (Å²) in [6, 6.07) is 5.07. The number of carbonyl (C=O) groups excluding carboxylic acids is 1. The van der Waals surface area contributed by atoms with Crippen LogP contribution >= 0.6 is 11.6 Å². The number of rotatable bonds is 3. The van der Waals surface area contributed by atoms with Gasteiger partial charge in [-0.3, -0.25) is 9.48 Å². The standard InChI is InChI=1S/C18H20ClN3O3S/c1-11-5-6-12(19)9-16(11)20-18(23)17-14-3-2-4-15(14)21-22(17)13-7-8-26(24,25)10-13/h5-6,9,13H,2-4,7-8,10H2,1H3,(H,20,23). The van der Waals surface area contributed by atoms with Gasteiger partial charge in [0.05, 0.1) is 23.2 Å². The van der Waals surface area contributed by atoms with Gasteiger partial charge < -0.3 is 5.32 Å². The molecule has 8 heteroatoms. The van der Waals surface area contributed by atoms with E-state index in [1.807, 2.05) is 13.0 Å². The van der Waals surface area contributed by atoms with Gasteiger partial charge in [0.15, 0.2) is 9.84 Å². The second-order valence-electron chi connectivity index (χ2n) is 7.04. The van der Waals surface area contributed by atoms with Crippen LogP contribution in [0, 0.1) is 6.92 Å². The number of nitrogens with zero attached hydrogens (tertiary/aromatic N) is 2. The molecule has 1 aromatic carbocycles. The number of hydrogen-bond donors (Lipinski definition) is 1. The summed E-state index contributed by atoms with van der Waals surface area (Å²) in [7, 11) is -3.06. The zero-order valence-electron chi connectivity index (χ0n) is 14.5. The van der Waals surface area contributed by atoms with Gasteiger partial charge in [0.25, 0.3) is 5.91 Å². The van der Waals surface area contributed by atoms with Gasteiger partial charge in [0, 0.05) is 16.3 Å². The molecule has 0 radical (unpaired) electrons. The molecular formula is C18H20ClN3O3S. The van der Waals surface area contributed by atoms with Crippen molar-refractivity contribution < 1.29 is 13.2 Å². The topological polar surface area (TPSA) is 81.1 Å². The van der Waals surface area contributed by atoms with Crippen LogP contribution in [0.3, 0.4) is 0 Å². The van der Waals surface area contributed by atoms with Crippen LogP contribution in [0.2, 0.25) is 5.02 Å². The third-order valence-corrected chi connectivity index (χ3v) is 7.13. The van der Waals surface area contributed by atoms with Crippen LogP contribution in [0.4, 0.5) is 5.69 Å². The minimum Gasteiger partial charge on any atom is -0.320 e. The smallest absolute Gasteiger partial charge is 0.274 e. The van der Waals surface area contributed by atoms with Crippen molar-refractivity contribution in [3.63, 3.8) is 0 Å². The predicted molar refractivity (Wildman–Crippen MR) is 101 cm³/mol. The number of amides is 1. The fourth-order valence-electron chi connectivity index (χ4n) is 3.80. The number of sulfone groups is 1. The van der Waals surface area contributed by atoms with E-state index in [-0.39, 0.29) is 23.5 Å². The maximum absolute atomic E-state index is 13.1. The maximum atomic E-state index is 13.1. The summed E-state index contributed by atoms with van der Waals surface area (Å²) >= 11 is 6.05. The molecule has 2 aliphatic rings. The van der Waals surface area contributed by atoms with E-state index < -0.39 is 9.84 Å². The van der Waals surface area contributed by atoms with E-state index in [9.17, 15) is 13.2 Å². The summed E-state index contributed by atoms with van der Waals surface area (Å²) in [6.45, 7) is 1.90. The average Bonchev–Trinajstić information content (AvgIpc) is 3.23. The Morgan fingerprint density at radius 2 is 2.15 bits per heavy atom. The van der Waals surface area contributed by atoms with Gasteiger partial charge in [-0.2, -0.15) is 5.10 Å². The Kier molecular flexibility index (Phi) is 4.31. The minimum absolute atomic E-state index is 0.0457. The third-order valence-electron chi connectivity index (χ3n) is 5.15. The fraction of sp³-hybridized carbons (Fsp3) is 0.444. The first-order valence-corrected chi connectivity index (χ1v) is 10.9. The largest absolute Gasteiger partial charge is 0.320 e. The van der Waals surface area contributed by atoms with Crippen molar-refractivity contribution in [3.8, 4) is 0 Å². The van der Waals surface area contributed by atoms with Crippen molar-refractivity contribution in [1.82, 2.24) is 9.78 Å². The highest BCUT2D eigenvalue weighted by molar-refractivity contribution is 7.91. The highest BCUT2D eigenvalue weighted by Gasteiger charge is 2.35. The molecule has 26 heavy (non-hydrogen) atoms. The van der Waals surface area contributed by atoms with Gasteiger partial charge in [0.2, 0.25) is 0 Å². The molecule has 1 saturated heterocycles. The van der Waals surface area contributed by atoms with Gasteiger partial charge in [-0.1, -0.05) is 17.7 Å². The summed E-state index contributed by atoms with van der Waals surface area (Å²) in [5, 5.41) is 8.09. The molecule has 1 aliphatic heterocycles. The third kappa shape index (κ3) is 3.14. The molecule has 1 amide bonds. The second kappa shape index (κ2) is 6.39. The Hall–Kier alpha value is -1.86. The Bertz CT molecular complexity index is 997. The number of anilines is 1. The van der Waals surface area contributed by atoms with E-state index >= 15 is 0 Å². The summed E-state index contributed by atoms with van der Waals surface area (Å²) < 4.78 is 25.4. The van der Waals surface area contributed by atoms with E-state index in [1.54, 1.807) is 16.8 Å². The summed E-state index contributed by atoms with van der Waals surface area (Å²) in [6.07, 6.45) is 3.10. The van der Waals surface area contributed by atoms with Gasteiger partial charge in [-0.25, -0.2) is 8.42 Å². The number of carbonyl (C=O) groups is 1. The van der Waals surface area contributed by atoms with Crippen molar-refractivity contribution >= 4 is 33.0 Å². The van der Waals surface area contributed by atoms with Crippen molar-refractivity contribution in [2.24, 2.45) is 0 Å². The van der Waals surface area contributed by atoms with Crippen LogP contribution in [0.15, 0.2) is 18.2 Å². The highest BCUT2D eigenvalue weighted by atomic mass is 35.5. The average molecular weight is 394 g/mol. The predicted octanol–water partition coefficient (Wildman–Crippen LogP) is 2.95. The molecule has 1 aromatic heterocycles. The molecule has 1 unspecified atom stereocenters. The van der Waals surface area contributed by atoms with E-state index in [0.717, 1.165) is 36.1 Å². The number of nitrogens with one attached hydrogen (secondary N) is 1. The Balaban J connectivity index is 1.71. The highest BCUT2D eigenvalue weighted by Crippen LogP contribution is 2.32. The zero-order valence-corrected chi connectivity index (χ0v) is 16.0. The van der Waals surface area contributed by atoms with Crippen LogP contribution in [0.25, 0.3) is 0 Å². The summed E-state index contributed by atoms with van der Waals surface area (Å²) in [5.41, 5.74) is 3.93. The lowest BCUT2D eigenvalue weighted by Crippen LogP contribution is -2.23. The van der Waals surface area contributed by atoms with Crippen LogP contribution in [0.5, 0.6) is 0 Å². The van der Waals surface area contributed by atoms with Gasteiger partial charge >= 0.3 is 0 Å². The number of aryl methyl sites for hydroxylation is 2. The maximum Gasteiger partial charge on any atom is 0.274 e. The molecule has 4 rings (SSSR count). The van der Waals surface area contributed by atoms with Crippen LogP contribution in [0.1, 0.15) is 46.2 Å². The molecule has 6 nitrogen and oxygen atoms in total. The summed E-state index contributed by atoms with van der Waals surface area (Å²) in [5.74, 6) is -0.0592. The SMILES string of the molecule is Cc1ccc(Cl)cc1NC(=O)c1c2c(nn1C1CCS(=O)(=O)C1)CCC2. The minimum atomic E-state index is -3.06. The zero-order chi connectivity index (χ0) is 18.5. The van der Waals surface area contributed by atoms with Crippen LogP contribution in [-0.2, 0) is 22.7 Å². The second-order valence-corrected chi connectivity index (χ2v) is 9.71. The fourth-order valence-corrected chi connectivity index (χ4v) is 5.66. The lowest BCUT2D eigenvalue weighted by Gasteiger charge is -2.15. The van der Waals surface area contributed by atoms with E-state index in [2.05, 4.69) is 10.4 Å².